The first kappa shape index (κ1) is 12.9. The van der Waals surface area contributed by atoms with Crippen molar-refractivity contribution in [3.8, 4) is 0 Å². The Kier molecular flexibility index (Phi) is 4.02. The van der Waals surface area contributed by atoms with Crippen molar-refractivity contribution in [3.63, 3.8) is 0 Å². The zero-order chi connectivity index (χ0) is 13.0. The van der Waals surface area contributed by atoms with Crippen LogP contribution in [0.1, 0.15) is 19.3 Å². The highest BCUT2D eigenvalue weighted by molar-refractivity contribution is 5.93. The van der Waals surface area contributed by atoms with Crippen LogP contribution in [0, 0.1) is 0 Å². The lowest BCUT2D eigenvalue weighted by Crippen LogP contribution is -2.49. The number of nitrogens with one attached hydrogen (secondary N) is 2. The number of carbonyl (C=O) groups is 4. The molecule has 1 rings (SSSR count). The molecule has 1 saturated heterocycles. The predicted molar refractivity (Wildman–Crippen MR) is 53.0 cm³/mol. The van der Waals surface area contributed by atoms with Gasteiger partial charge in [0.05, 0.1) is 6.42 Å². The summed E-state index contributed by atoms with van der Waals surface area (Å²) in [6.07, 6.45) is -0.222. The van der Waals surface area contributed by atoms with E-state index in [1.807, 2.05) is 0 Å². The third kappa shape index (κ3) is 3.74. The third-order valence-corrected chi connectivity index (χ3v) is 2.31. The average Bonchev–Trinajstić information content (AvgIpc) is 2.63. The van der Waals surface area contributed by atoms with E-state index in [-0.39, 0.29) is 18.7 Å². The number of carbonyl (C=O) groups excluding carboxylic acids is 2. The molecule has 0 saturated carbocycles. The van der Waals surface area contributed by atoms with Crippen LogP contribution in [0.15, 0.2) is 0 Å². The van der Waals surface area contributed by atoms with E-state index in [1.165, 1.54) is 0 Å². The summed E-state index contributed by atoms with van der Waals surface area (Å²) in [5.41, 5.74) is 0. The van der Waals surface area contributed by atoms with E-state index in [4.69, 9.17) is 10.2 Å². The van der Waals surface area contributed by atoms with Gasteiger partial charge in [-0.25, -0.2) is 4.79 Å². The molecule has 94 valence electrons. The largest absolute Gasteiger partial charge is 0.481 e. The van der Waals surface area contributed by atoms with Gasteiger partial charge in [-0.15, -0.1) is 0 Å². The highest BCUT2D eigenvalue weighted by atomic mass is 16.4. The summed E-state index contributed by atoms with van der Waals surface area (Å²) in [7, 11) is 0. The normalized spacial score (nSPS) is 20.5. The van der Waals surface area contributed by atoms with E-state index in [0.29, 0.717) is 0 Å². The Labute approximate surface area is 96.0 Å². The van der Waals surface area contributed by atoms with Crippen LogP contribution in [0.25, 0.3) is 0 Å². The van der Waals surface area contributed by atoms with Gasteiger partial charge in [-0.2, -0.15) is 0 Å². The smallest absolute Gasteiger partial charge is 0.326 e. The number of amides is 2. The molecule has 4 N–H and O–H groups in total. The summed E-state index contributed by atoms with van der Waals surface area (Å²) in [4.78, 5) is 43.4. The molecular weight excluding hydrogens is 232 g/mol. The molecule has 8 nitrogen and oxygen atoms in total. The third-order valence-electron chi connectivity index (χ3n) is 2.31. The topological polar surface area (TPSA) is 133 Å². The van der Waals surface area contributed by atoms with Crippen molar-refractivity contribution in [2.75, 3.05) is 0 Å². The lowest BCUT2D eigenvalue weighted by Gasteiger charge is -2.15. The van der Waals surface area contributed by atoms with E-state index in [1.54, 1.807) is 0 Å². The Morgan fingerprint density at radius 2 is 2.06 bits per heavy atom. The van der Waals surface area contributed by atoms with E-state index < -0.39 is 36.4 Å². The molecule has 0 aromatic heterocycles. The zero-order valence-corrected chi connectivity index (χ0v) is 8.80. The molecule has 0 radical (unpaired) electrons. The lowest BCUT2D eigenvalue weighted by atomic mass is 10.1. The molecule has 1 aliphatic heterocycles. The van der Waals surface area contributed by atoms with Crippen molar-refractivity contribution in [3.05, 3.63) is 0 Å². The monoisotopic (exact) mass is 244 g/mol. The Bertz CT molecular complexity index is 366. The van der Waals surface area contributed by atoms with Crippen LogP contribution < -0.4 is 10.6 Å². The van der Waals surface area contributed by atoms with Crippen LogP contribution >= 0.6 is 0 Å². The van der Waals surface area contributed by atoms with Gasteiger partial charge in [-0.05, 0) is 6.42 Å². The summed E-state index contributed by atoms with van der Waals surface area (Å²) in [6.45, 7) is 0. The summed E-state index contributed by atoms with van der Waals surface area (Å²) >= 11 is 0. The first-order valence-electron chi connectivity index (χ1n) is 4.94. The molecular formula is C9H12N2O6. The molecule has 1 aliphatic rings. The second kappa shape index (κ2) is 5.28. The predicted octanol–water partition coefficient (Wildman–Crippen LogP) is -1.69. The minimum Gasteiger partial charge on any atom is -0.481 e. The summed E-state index contributed by atoms with van der Waals surface area (Å²) in [6, 6.07) is -2.27. The zero-order valence-electron chi connectivity index (χ0n) is 8.80. The first-order chi connectivity index (χ1) is 7.90. The Balaban J connectivity index is 2.55. The fourth-order valence-corrected chi connectivity index (χ4v) is 1.46. The van der Waals surface area contributed by atoms with Crippen LogP contribution in [0.2, 0.25) is 0 Å². The molecule has 0 aromatic carbocycles. The molecule has 0 unspecified atom stereocenters. The summed E-state index contributed by atoms with van der Waals surface area (Å²) in [5, 5.41) is 21.6. The second-order valence-electron chi connectivity index (χ2n) is 3.66. The number of hydrogen-bond donors (Lipinski definition) is 4. The average molecular weight is 244 g/mol. The van der Waals surface area contributed by atoms with Gasteiger partial charge in [0.15, 0.2) is 0 Å². The minimum absolute atomic E-state index is 0.203. The molecule has 2 atom stereocenters. The molecule has 8 heteroatoms. The molecule has 1 fully saturated rings. The van der Waals surface area contributed by atoms with E-state index in [9.17, 15) is 19.2 Å². The van der Waals surface area contributed by atoms with Crippen molar-refractivity contribution in [2.45, 2.75) is 31.3 Å². The van der Waals surface area contributed by atoms with Crippen molar-refractivity contribution < 1.29 is 29.4 Å². The van der Waals surface area contributed by atoms with Gasteiger partial charge in [0.25, 0.3) is 0 Å². The Hall–Kier alpha value is -2.12. The van der Waals surface area contributed by atoms with Crippen LogP contribution in [-0.4, -0.2) is 46.0 Å². The SMILES string of the molecule is O=C(O)C[C@@H](NC(=O)[C@@H]1CCC(=O)N1)C(=O)O. The number of hydrogen-bond acceptors (Lipinski definition) is 4. The van der Waals surface area contributed by atoms with Crippen LogP contribution in [0.5, 0.6) is 0 Å². The van der Waals surface area contributed by atoms with Crippen molar-refractivity contribution in [2.24, 2.45) is 0 Å². The number of aliphatic carboxylic acids is 2. The van der Waals surface area contributed by atoms with Gasteiger partial charge in [-0.3, -0.25) is 14.4 Å². The first-order valence-corrected chi connectivity index (χ1v) is 4.94. The Morgan fingerprint density at radius 1 is 1.41 bits per heavy atom. The highest BCUT2D eigenvalue weighted by Crippen LogP contribution is 2.07. The van der Waals surface area contributed by atoms with Crippen LogP contribution in [-0.2, 0) is 19.2 Å². The van der Waals surface area contributed by atoms with Crippen molar-refractivity contribution in [1.82, 2.24) is 10.6 Å². The van der Waals surface area contributed by atoms with Crippen molar-refractivity contribution >= 4 is 23.8 Å². The highest BCUT2D eigenvalue weighted by Gasteiger charge is 2.31. The molecule has 0 aliphatic carbocycles. The van der Waals surface area contributed by atoms with E-state index in [0.717, 1.165) is 0 Å². The van der Waals surface area contributed by atoms with Crippen LogP contribution in [0.3, 0.4) is 0 Å². The molecule has 2 amide bonds. The maximum Gasteiger partial charge on any atom is 0.326 e. The van der Waals surface area contributed by atoms with Gasteiger partial charge in [0.2, 0.25) is 11.8 Å². The molecule has 0 aromatic rings. The number of carboxylic acid groups (broad SMARTS) is 2. The lowest BCUT2D eigenvalue weighted by molar-refractivity contribution is -0.147. The van der Waals surface area contributed by atoms with E-state index in [2.05, 4.69) is 10.6 Å². The van der Waals surface area contributed by atoms with Crippen molar-refractivity contribution in [1.29, 1.82) is 0 Å². The van der Waals surface area contributed by atoms with Gasteiger partial charge in [0, 0.05) is 6.42 Å². The van der Waals surface area contributed by atoms with Crippen LogP contribution in [0.4, 0.5) is 0 Å². The molecule has 0 spiro atoms. The molecule has 0 bridgehead atoms. The molecule has 1 heterocycles. The fraction of sp³-hybridized carbons (Fsp3) is 0.556. The fourth-order valence-electron chi connectivity index (χ4n) is 1.46. The quantitative estimate of drug-likeness (QED) is 0.456. The number of carboxylic acids is 2. The summed E-state index contributed by atoms with van der Waals surface area (Å²) in [5.74, 6) is -3.71. The number of rotatable bonds is 5. The summed E-state index contributed by atoms with van der Waals surface area (Å²) < 4.78 is 0. The molecule has 17 heavy (non-hydrogen) atoms. The van der Waals surface area contributed by atoms with Gasteiger partial charge in [-0.1, -0.05) is 0 Å². The van der Waals surface area contributed by atoms with Gasteiger partial charge >= 0.3 is 11.9 Å². The minimum atomic E-state index is -1.49. The van der Waals surface area contributed by atoms with Gasteiger partial charge in [0.1, 0.15) is 12.1 Å². The maximum absolute atomic E-state index is 11.5. The standard InChI is InChI=1S/C9H12N2O6/c12-6-2-1-4(10-6)8(15)11-5(9(16)17)3-7(13)14/h4-5H,1-3H2,(H,10,12)(H,11,15)(H,13,14)(H,16,17)/t4-,5+/m0/s1. The maximum atomic E-state index is 11.5. The van der Waals surface area contributed by atoms with E-state index >= 15 is 0 Å². The second-order valence-corrected chi connectivity index (χ2v) is 3.66. The Morgan fingerprint density at radius 3 is 2.47 bits per heavy atom. The van der Waals surface area contributed by atoms with Gasteiger partial charge < -0.3 is 20.8 Å².